The number of nitrogens with one attached hydrogen (secondary N) is 1. The van der Waals surface area contributed by atoms with Crippen LogP contribution in [0.2, 0.25) is 0 Å². The first kappa shape index (κ1) is 24.7. The van der Waals surface area contributed by atoms with Gasteiger partial charge in [0.1, 0.15) is 17.4 Å². The molecule has 168 valence electrons. The van der Waals surface area contributed by atoms with Gasteiger partial charge in [-0.2, -0.15) is 0 Å². The van der Waals surface area contributed by atoms with Crippen LogP contribution in [0.1, 0.15) is 35.7 Å². The van der Waals surface area contributed by atoms with Crippen molar-refractivity contribution in [3.63, 3.8) is 0 Å². The first-order chi connectivity index (χ1) is 14.2. The third-order valence-corrected chi connectivity index (χ3v) is 5.19. The number of halogens is 1. The number of morpholine rings is 1. The van der Waals surface area contributed by atoms with Gasteiger partial charge in [-0.1, -0.05) is 6.07 Å². The highest BCUT2D eigenvalue weighted by Crippen LogP contribution is 2.23. The normalized spacial score (nSPS) is 21.7. The quantitative estimate of drug-likeness (QED) is 0.261. The Kier molecular flexibility index (Phi) is 10.1. The van der Waals surface area contributed by atoms with Gasteiger partial charge in [0.25, 0.3) is 0 Å². The second kappa shape index (κ2) is 12.3. The summed E-state index contributed by atoms with van der Waals surface area (Å²) in [4.78, 5) is 18.9. The summed E-state index contributed by atoms with van der Waals surface area (Å²) in [6, 6.07) is 5.41. The fraction of sp³-hybridized carbons (Fsp3) is 0.619. The van der Waals surface area contributed by atoms with Gasteiger partial charge in [0.15, 0.2) is 5.96 Å². The topological polar surface area (TPSA) is 81.6 Å². The van der Waals surface area contributed by atoms with E-state index in [0.29, 0.717) is 24.5 Å². The molecular formula is C21H32IN3O5. The van der Waals surface area contributed by atoms with E-state index in [1.54, 1.807) is 6.07 Å². The van der Waals surface area contributed by atoms with Crippen LogP contribution >= 0.6 is 24.0 Å². The molecule has 2 aliphatic heterocycles. The van der Waals surface area contributed by atoms with E-state index < -0.39 is 5.97 Å². The monoisotopic (exact) mass is 533 g/mol. The van der Waals surface area contributed by atoms with Crippen molar-refractivity contribution in [2.75, 3.05) is 47.1 Å². The Morgan fingerprint density at radius 3 is 2.73 bits per heavy atom. The molecule has 3 rings (SSSR count). The van der Waals surface area contributed by atoms with Gasteiger partial charge in [-0.25, -0.2) is 9.79 Å². The minimum absolute atomic E-state index is 0. The molecule has 0 bridgehead atoms. The summed E-state index contributed by atoms with van der Waals surface area (Å²) in [6.45, 7) is 6.36. The van der Waals surface area contributed by atoms with Crippen LogP contribution < -0.4 is 10.1 Å². The van der Waals surface area contributed by atoms with Crippen molar-refractivity contribution in [1.29, 1.82) is 0 Å². The first-order valence-corrected chi connectivity index (χ1v) is 10.2. The molecule has 8 nitrogen and oxygen atoms in total. The largest absolute Gasteiger partial charge is 0.496 e. The summed E-state index contributed by atoms with van der Waals surface area (Å²) in [6.07, 6.45) is 2.41. The molecule has 0 spiro atoms. The van der Waals surface area contributed by atoms with E-state index in [2.05, 4.69) is 17.1 Å². The van der Waals surface area contributed by atoms with E-state index in [-0.39, 0.29) is 36.2 Å². The third-order valence-electron chi connectivity index (χ3n) is 5.19. The minimum Gasteiger partial charge on any atom is -0.496 e. The maximum atomic E-state index is 11.8. The molecule has 2 fully saturated rings. The number of hydrogen-bond donors (Lipinski definition) is 1. The summed E-state index contributed by atoms with van der Waals surface area (Å²) >= 11 is 0. The van der Waals surface area contributed by atoms with E-state index in [9.17, 15) is 4.79 Å². The Labute approximate surface area is 195 Å². The van der Waals surface area contributed by atoms with Crippen LogP contribution in [0.4, 0.5) is 0 Å². The van der Waals surface area contributed by atoms with Crippen molar-refractivity contribution in [3.05, 3.63) is 29.3 Å². The zero-order valence-electron chi connectivity index (χ0n) is 17.9. The molecule has 0 aliphatic carbocycles. The Hall–Kier alpha value is -1.59. The standard InChI is InChI=1S/C21H31N3O5.HI/c1-4-22-21(24-9-11-29-19(14-24)17-6-5-10-28-17)23-13-15-7-8-16(20(25)27-3)18(12-15)26-2;/h7-8,12,17,19H,4-6,9-11,13-14H2,1-3H3,(H,22,23);1H. The summed E-state index contributed by atoms with van der Waals surface area (Å²) < 4.78 is 21.9. The molecule has 0 aromatic heterocycles. The molecule has 0 radical (unpaired) electrons. The molecule has 2 unspecified atom stereocenters. The number of methoxy groups -OCH3 is 2. The van der Waals surface area contributed by atoms with Crippen LogP contribution in [0.15, 0.2) is 23.2 Å². The second-order valence-electron chi connectivity index (χ2n) is 7.10. The number of aliphatic imine (C=N–C) groups is 1. The van der Waals surface area contributed by atoms with Gasteiger partial charge < -0.3 is 29.2 Å². The number of nitrogens with zero attached hydrogens (tertiary/aromatic N) is 2. The van der Waals surface area contributed by atoms with Crippen LogP contribution in [-0.2, 0) is 20.8 Å². The molecule has 0 amide bonds. The summed E-state index contributed by atoms with van der Waals surface area (Å²) in [7, 11) is 2.90. The Balaban J connectivity index is 0.00000320. The lowest BCUT2D eigenvalue weighted by molar-refractivity contribution is -0.0817. The average Bonchev–Trinajstić information content (AvgIpc) is 3.31. The number of rotatable bonds is 6. The highest BCUT2D eigenvalue weighted by Gasteiger charge is 2.32. The van der Waals surface area contributed by atoms with E-state index in [1.165, 1.54) is 14.2 Å². The van der Waals surface area contributed by atoms with Crippen LogP contribution in [0, 0.1) is 0 Å². The number of ether oxygens (including phenoxy) is 4. The molecule has 2 aliphatic rings. The molecule has 2 atom stereocenters. The maximum absolute atomic E-state index is 11.8. The maximum Gasteiger partial charge on any atom is 0.341 e. The molecule has 1 N–H and O–H groups in total. The molecular weight excluding hydrogens is 501 g/mol. The van der Waals surface area contributed by atoms with Crippen molar-refractivity contribution in [2.45, 2.75) is 38.5 Å². The van der Waals surface area contributed by atoms with E-state index in [4.69, 9.17) is 23.9 Å². The molecule has 30 heavy (non-hydrogen) atoms. The van der Waals surface area contributed by atoms with Gasteiger partial charge in [0.2, 0.25) is 0 Å². The van der Waals surface area contributed by atoms with Crippen molar-refractivity contribution in [1.82, 2.24) is 10.2 Å². The Bertz CT molecular complexity index is 725. The summed E-state index contributed by atoms with van der Waals surface area (Å²) in [5.74, 6) is 0.924. The average molecular weight is 533 g/mol. The van der Waals surface area contributed by atoms with Crippen molar-refractivity contribution >= 4 is 35.9 Å². The lowest BCUT2D eigenvalue weighted by Crippen LogP contribution is -2.53. The summed E-state index contributed by atoms with van der Waals surface area (Å²) in [5, 5.41) is 3.38. The number of carbonyl (C=O) groups excluding carboxylic acids is 1. The van der Waals surface area contributed by atoms with Crippen LogP contribution in [0.5, 0.6) is 5.75 Å². The Morgan fingerprint density at radius 2 is 2.07 bits per heavy atom. The summed E-state index contributed by atoms with van der Waals surface area (Å²) in [5.41, 5.74) is 1.36. The SMILES string of the molecule is CCNC(=NCc1ccc(C(=O)OC)c(OC)c1)N1CCOC(C2CCCO2)C1.I. The highest BCUT2D eigenvalue weighted by atomic mass is 127. The molecule has 2 saturated heterocycles. The lowest BCUT2D eigenvalue weighted by atomic mass is 10.1. The highest BCUT2D eigenvalue weighted by molar-refractivity contribution is 14.0. The number of hydrogen-bond acceptors (Lipinski definition) is 6. The predicted octanol–water partition coefficient (Wildman–Crippen LogP) is 2.45. The number of benzene rings is 1. The van der Waals surface area contributed by atoms with Crippen molar-refractivity contribution in [3.8, 4) is 5.75 Å². The molecule has 0 saturated carbocycles. The molecule has 2 heterocycles. The van der Waals surface area contributed by atoms with Gasteiger partial charge in [0, 0.05) is 26.2 Å². The van der Waals surface area contributed by atoms with Crippen molar-refractivity contribution < 1.29 is 23.7 Å². The van der Waals surface area contributed by atoms with Crippen molar-refractivity contribution in [2.24, 2.45) is 4.99 Å². The fourth-order valence-corrected chi connectivity index (χ4v) is 3.69. The predicted molar refractivity (Wildman–Crippen MR) is 125 cm³/mol. The zero-order chi connectivity index (χ0) is 20.6. The third kappa shape index (κ3) is 6.21. The minimum atomic E-state index is -0.418. The van der Waals surface area contributed by atoms with Gasteiger partial charge in [0.05, 0.1) is 33.5 Å². The lowest BCUT2D eigenvalue weighted by Gasteiger charge is -2.37. The van der Waals surface area contributed by atoms with Crippen LogP contribution in [0.25, 0.3) is 0 Å². The zero-order valence-corrected chi connectivity index (χ0v) is 20.2. The number of carbonyl (C=O) groups is 1. The van der Waals surface area contributed by atoms with Crippen LogP contribution in [-0.4, -0.2) is 76.1 Å². The van der Waals surface area contributed by atoms with E-state index in [1.807, 2.05) is 12.1 Å². The van der Waals surface area contributed by atoms with Gasteiger partial charge in [-0.15, -0.1) is 24.0 Å². The molecule has 9 heteroatoms. The van der Waals surface area contributed by atoms with Gasteiger partial charge >= 0.3 is 5.97 Å². The molecule has 1 aromatic carbocycles. The number of esters is 1. The fourth-order valence-electron chi connectivity index (χ4n) is 3.69. The van der Waals surface area contributed by atoms with E-state index >= 15 is 0 Å². The van der Waals surface area contributed by atoms with Gasteiger partial charge in [-0.05, 0) is 37.5 Å². The molecule has 1 aromatic rings. The van der Waals surface area contributed by atoms with Gasteiger partial charge in [-0.3, -0.25) is 0 Å². The second-order valence-corrected chi connectivity index (χ2v) is 7.10. The Morgan fingerprint density at radius 1 is 1.27 bits per heavy atom. The van der Waals surface area contributed by atoms with Crippen LogP contribution in [0.3, 0.4) is 0 Å². The number of guanidine groups is 1. The van der Waals surface area contributed by atoms with E-state index in [0.717, 1.165) is 50.6 Å². The first-order valence-electron chi connectivity index (χ1n) is 10.2. The smallest absolute Gasteiger partial charge is 0.341 e.